The van der Waals surface area contributed by atoms with Gasteiger partial charge in [0.15, 0.2) is 11.5 Å². The Morgan fingerprint density at radius 3 is 3.17 bits per heavy atom. The second-order valence-corrected chi connectivity index (χ2v) is 2.33. The molecule has 1 heterocycles. The molecule has 0 radical (unpaired) electrons. The van der Waals surface area contributed by atoms with E-state index < -0.39 is 0 Å². The maximum Gasteiger partial charge on any atom is 0.231 e. The van der Waals surface area contributed by atoms with Crippen LogP contribution in [-0.2, 0) is 0 Å². The Morgan fingerprint density at radius 2 is 2.33 bits per heavy atom. The Balaban J connectivity index is 2.49. The fourth-order valence-corrected chi connectivity index (χ4v) is 1.12. The first kappa shape index (κ1) is 6.97. The van der Waals surface area contributed by atoms with Gasteiger partial charge in [-0.3, -0.25) is 0 Å². The minimum atomic E-state index is 0.228. The third-order valence-corrected chi connectivity index (χ3v) is 1.62. The van der Waals surface area contributed by atoms with E-state index in [4.69, 9.17) is 14.7 Å². The third kappa shape index (κ3) is 0.972. The molecular formula is C8H7NO3. The minimum absolute atomic E-state index is 0.228. The molecule has 0 spiro atoms. The predicted octanol–water partition coefficient (Wildman–Crippen LogP) is 1.22. The lowest BCUT2D eigenvalue weighted by molar-refractivity contribution is 0.174. The molecule has 0 bridgehead atoms. The highest BCUT2D eigenvalue weighted by atomic mass is 16.7. The maximum atomic E-state index is 8.32. The highest BCUT2D eigenvalue weighted by Gasteiger charge is 2.15. The summed E-state index contributed by atoms with van der Waals surface area (Å²) in [4.78, 5) is 0. The average Bonchev–Trinajstić information content (AvgIpc) is 2.53. The van der Waals surface area contributed by atoms with E-state index in [2.05, 4.69) is 5.16 Å². The zero-order valence-electron chi connectivity index (χ0n) is 6.23. The molecule has 1 N–H and O–H groups in total. The van der Waals surface area contributed by atoms with E-state index in [-0.39, 0.29) is 6.79 Å². The Hall–Kier alpha value is -1.71. The van der Waals surface area contributed by atoms with Crippen molar-refractivity contribution in [1.82, 2.24) is 0 Å². The van der Waals surface area contributed by atoms with Gasteiger partial charge in [-0.1, -0.05) is 11.2 Å². The topological polar surface area (TPSA) is 51.1 Å². The fraction of sp³-hybridized carbons (Fsp3) is 0.125. The molecule has 0 amide bonds. The van der Waals surface area contributed by atoms with Crippen LogP contribution < -0.4 is 9.47 Å². The van der Waals surface area contributed by atoms with Gasteiger partial charge in [-0.25, -0.2) is 0 Å². The SMILES string of the molecule is O/N=C/c1cccc2c1OCO2. The van der Waals surface area contributed by atoms with Crippen molar-refractivity contribution in [2.75, 3.05) is 6.79 Å². The minimum Gasteiger partial charge on any atom is -0.454 e. The molecule has 0 atom stereocenters. The van der Waals surface area contributed by atoms with Gasteiger partial charge in [0.05, 0.1) is 6.21 Å². The van der Waals surface area contributed by atoms with Crippen LogP contribution in [0.2, 0.25) is 0 Å². The van der Waals surface area contributed by atoms with Gasteiger partial charge < -0.3 is 14.7 Å². The summed E-state index contributed by atoms with van der Waals surface area (Å²) in [5.74, 6) is 1.32. The van der Waals surface area contributed by atoms with Crippen LogP contribution >= 0.6 is 0 Å². The van der Waals surface area contributed by atoms with Gasteiger partial charge in [-0.15, -0.1) is 0 Å². The standard InChI is InChI=1S/C8H7NO3/c10-9-4-6-2-1-3-7-8(6)12-5-11-7/h1-4,10H,5H2/b9-4+. The predicted molar refractivity (Wildman–Crippen MR) is 41.9 cm³/mol. The van der Waals surface area contributed by atoms with E-state index in [1.807, 2.05) is 6.07 Å². The summed E-state index contributed by atoms with van der Waals surface area (Å²) in [6.45, 7) is 0.228. The van der Waals surface area contributed by atoms with Crippen molar-refractivity contribution in [3.05, 3.63) is 23.8 Å². The summed E-state index contributed by atoms with van der Waals surface area (Å²) >= 11 is 0. The van der Waals surface area contributed by atoms with Crippen LogP contribution in [0, 0.1) is 0 Å². The largest absolute Gasteiger partial charge is 0.454 e. The number of hydrogen-bond donors (Lipinski definition) is 1. The van der Waals surface area contributed by atoms with Crippen LogP contribution in [0.25, 0.3) is 0 Å². The van der Waals surface area contributed by atoms with E-state index in [0.717, 1.165) is 0 Å². The van der Waals surface area contributed by atoms with Gasteiger partial charge in [-0.2, -0.15) is 0 Å². The Bertz CT molecular complexity index is 322. The molecule has 0 unspecified atom stereocenters. The average molecular weight is 165 g/mol. The second-order valence-electron chi connectivity index (χ2n) is 2.33. The van der Waals surface area contributed by atoms with Crippen molar-refractivity contribution >= 4 is 6.21 Å². The Morgan fingerprint density at radius 1 is 1.42 bits per heavy atom. The molecule has 0 saturated carbocycles. The summed E-state index contributed by atoms with van der Waals surface area (Å²) < 4.78 is 10.3. The number of nitrogens with zero attached hydrogens (tertiary/aromatic N) is 1. The van der Waals surface area contributed by atoms with E-state index in [0.29, 0.717) is 17.1 Å². The third-order valence-electron chi connectivity index (χ3n) is 1.62. The first-order valence-corrected chi connectivity index (χ1v) is 3.48. The van der Waals surface area contributed by atoms with E-state index in [1.165, 1.54) is 6.21 Å². The van der Waals surface area contributed by atoms with Crippen molar-refractivity contribution in [2.24, 2.45) is 5.16 Å². The first-order valence-electron chi connectivity index (χ1n) is 3.48. The monoisotopic (exact) mass is 165 g/mol. The van der Waals surface area contributed by atoms with Gasteiger partial charge in [0.25, 0.3) is 0 Å². The molecule has 4 nitrogen and oxygen atoms in total. The number of fused-ring (bicyclic) bond motifs is 1. The molecule has 0 aromatic heterocycles. The normalized spacial score (nSPS) is 14.0. The summed E-state index contributed by atoms with van der Waals surface area (Å²) in [5, 5.41) is 11.2. The van der Waals surface area contributed by atoms with Gasteiger partial charge in [-0.05, 0) is 12.1 Å². The molecule has 1 aromatic carbocycles. The zero-order chi connectivity index (χ0) is 8.39. The van der Waals surface area contributed by atoms with Crippen LogP contribution in [0.15, 0.2) is 23.4 Å². The summed E-state index contributed by atoms with van der Waals surface area (Å²) in [6, 6.07) is 5.40. The maximum absolute atomic E-state index is 8.32. The van der Waals surface area contributed by atoms with E-state index in [1.54, 1.807) is 12.1 Å². The number of hydrogen-bond acceptors (Lipinski definition) is 4. The summed E-state index contributed by atoms with van der Waals surface area (Å²) in [7, 11) is 0. The summed E-state index contributed by atoms with van der Waals surface area (Å²) in [6.07, 6.45) is 1.31. The van der Waals surface area contributed by atoms with Gasteiger partial charge in [0, 0.05) is 5.56 Å². The smallest absolute Gasteiger partial charge is 0.231 e. The van der Waals surface area contributed by atoms with Crippen LogP contribution in [0.4, 0.5) is 0 Å². The lowest BCUT2D eigenvalue weighted by Crippen LogP contribution is -1.94. The molecule has 0 saturated heterocycles. The van der Waals surface area contributed by atoms with Gasteiger partial charge >= 0.3 is 0 Å². The van der Waals surface area contributed by atoms with Crippen LogP contribution in [0.1, 0.15) is 5.56 Å². The van der Waals surface area contributed by atoms with Crippen molar-refractivity contribution in [1.29, 1.82) is 0 Å². The molecule has 62 valence electrons. The van der Waals surface area contributed by atoms with Crippen LogP contribution in [-0.4, -0.2) is 18.2 Å². The van der Waals surface area contributed by atoms with Crippen molar-refractivity contribution in [3.63, 3.8) is 0 Å². The molecule has 0 fully saturated rings. The number of oxime groups is 1. The van der Waals surface area contributed by atoms with E-state index >= 15 is 0 Å². The molecular weight excluding hydrogens is 158 g/mol. The highest BCUT2D eigenvalue weighted by molar-refractivity contribution is 5.84. The van der Waals surface area contributed by atoms with Crippen LogP contribution in [0.3, 0.4) is 0 Å². The Labute approximate surface area is 69.0 Å². The molecule has 0 aliphatic carbocycles. The Kier molecular flexibility index (Phi) is 1.59. The first-order chi connectivity index (χ1) is 5.92. The number of ether oxygens (including phenoxy) is 2. The van der Waals surface area contributed by atoms with Crippen molar-refractivity contribution in [2.45, 2.75) is 0 Å². The quantitative estimate of drug-likeness (QED) is 0.386. The number of rotatable bonds is 1. The van der Waals surface area contributed by atoms with Crippen molar-refractivity contribution < 1.29 is 14.7 Å². The van der Waals surface area contributed by atoms with Gasteiger partial charge in [0.1, 0.15) is 0 Å². The highest BCUT2D eigenvalue weighted by Crippen LogP contribution is 2.34. The van der Waals surface area contributed by atoms with Crippen molar-refractivity contribution in [3.8, 4) is 11.5 Å². The number of benzene rings is 1. The molecule has 1 aliphatic rings. The molecule has 1 aromatic rings. The fourth-order valence-electron chi connectivity index (χ4n) is 1.12. The second kappa shape index (κ2) is 2.73. The lowest BCUT2D eigenvalue weighted by atomic mass is 10.2. The number of para-hydroxylation sites is 1. The molecule has 2 rings (SSSR count). The van der Waals surface area contributed by atoms with Gasteiger partial charge in [0.2, 0.25) is 6.79 Å². The lowest BCUT2D eigenvalue weighted by Gasteiger charge is -1.97. The van der Waals surface area contributed by atoms with Crippen LogP contribution in [0.5, 0.6) is 11.5 Å². The molecule has 1 aliphatic heterocycles. The zero-order valence-corrected chi connectivity index (χ0v) is 6.23. The summed E-state index contributed by atoms with van der Waals surface area (Å²) in [5.41, 5.74) is 0.715. The van der Waals surface area contributed by atoms with E-state index in [9.17, 15) is 0 Å². The molecule has 12 heavy (non-hydrogen) atoms. The molecule has 4 heteroatoms.